The summed E-state index contributed by atoms with van der Waals surface area (Å²) < 4.78 is 0. The highest BCUT2D eigenvalue weighted by Crippen LogP contribution is 2.13. The molecule has 0 aromatic rings. The van der Waals surface area contributed by atoms with E-state index in [1.54, 1.807) is 0 Å². The van der Waals surface area contributed by atoms with Crippen LogP contribution in [0.2, 0.25) is 0 Å². The highest BCUT2D eigenvalue weighted by atomic mass is 16.4. The normalized spacial score (nSPS) is 19.8. The van der Waals surface area contributed by atoms with Gasteiger partial charge in [-0.1, -0.05) is 0 Å². The number of hydrogen-bond donors (Lipinski definition) is 4. The number of hydrogen-bond acceptors (Lipinski definition) is 5. The average Bonchev–Trinajstić information content (AvgIpc) is 1.98. The molecule has 0 radical (unpaired) electrons. The van der Waals surface area contributed by atoms with Crippen molar-refractivity contribution in [1.82, 2.24) is 0 Å². The molecule has 0 fully saturated rings. The minimum absolute atomic E-state index is 0.0969. The number of carbonyl (C=O) groups excluding carboxylic acids is 1. The first-order valence-corrected chi connectivity index (χ1v) is 3.52. The molecule has 12 heavy (non-hydrogen) atoms. The molecular weight excluding hydrogens is 164 g/mol. The van der Waals surface area contributed by atoms with Crippen molar-refractivity contribution in [3.05, 3.63) is 0 Å². The second kappa shape index (κ2) is 3.95. The van der Waals surface area contributed by atoms with Crippen molar-refractivity contribution >= 4 is 6.29 Å². The SMILES string of the molecule is CC(C)(O)C(O)C(O)C(O)C=O. The quantitative estimate of drug-likeness (QED) is 0.375. The number of aldehydes is 1. The van der Waals surface area contributed by atoms with Crippen LogP contribution in [0.1, 0.15) is 13.8 Å². The van der Waals surface area contributed by atoms with Gasteiger partial charge in [0.05, 0.1) is 5.60 Å². The molecule has 0 aliphatic heterocycles. The van der Waals surface area contributed by atoms with Crippen LogP contribution in [0, 0.1) is 0 Å². The van der Waals surface area contributed by atoms with Crippen LogP contribution in [-0.2, 0) is 4.79 Å². The van der Waals surface area contributed by atoms with Crippen molar-refractivity contribution in [2.45, 2.75) is 37.8 Å². The largest absolute Gasteiger partial charge is 0.388 e. The first-order chi connectivity index (χ1) is 5.30. The van der Waals surface area contributed by atoms with Gasteiger partial charge in [-0.2, -0.15) is 0 Å². The van der Waals surface area contributed by atoms with Crippen molar-refractivity contribution in [2.75, 3.05) is 0 Å². The monoisotopic (exact) mass is 178 g/mol. The van der Waals surface area contributed by atoms with E-state index < -0.39 is 23.9 Å². The molecule has 0 aromatic carbocycles. The topological polar surface area (TPSA) is 98.0 Å². The summed E-state index contributed by atoms with van der Waals surface area (Å²) in [5.41, 5.74) is -1.55. The van der Waals surface area contributed by atoms with Crippen LogP contribution >= 0.6 is 0 Å². The first-order valence-electron chi connectivity index (χ1n) is 3.52. The molecule has 0 saturated carbocycles. The highest BCUT2D eigenvalue weighted by molar-refractivity contribution is 5.56. The molecule has 72 valence electrons. The summed E-state index contributed by atoms with van der Waals surface area (Å²) in [4.78, 5) is 9.97. The van der Waals surface area contributed by atoms with Crippen LogP contribution in [0.3, 0.4) is 0 Å². The van der Waals surface area contributed by atoms with Gasteiger partial charge in [-0.15, -0.1) is 0 Å². The van der Waals surface area contributed by atoms with Gasteiger partial charge in [-0.05, 0) is 13.8 Å². The van der Waals surface area contributed by atoms with Crippen molar-refractivity contribution in [3.63, 3.8) is 0 Å². The fraction of sp³-hybridized carbons (Fsp3) is 0.857. The summed E-state index contributed by atoms with van der Waals surface area (Å²) in [5, 5.41) is 36.1. The number of aliphatic hydroxyl groups is 4. The van der Waals surface area contributed by atoms with Gasteiger partial charge in [0.25, 0.3) is 0 Å². The summed E-state index contributed by atoms with van der Waals surface area (Å²) in [5.74, 6) is 0. The summed E-state index contributed by atoms with van der Waals surface area (Å²) in [6.45, 7) is 2.52. The Bertz CT molecular complexity index is 150. The van der Waals surface area contributed by atoms with E-state index in [0.29, 0.717) is 0 Å². The second-order valence-corrected chi connectivity index (χ2v) is 3.22. The Morgan fingerprint density at radius 1 is 1.25 bits per heavy atom. The van der Waals surface area contributed by atoms with Gasteiger partial charge < -0.3 is 25.2 Å². The molecule has 0 bridgehead atoms. The predicted molar refractivity (Wildman–Crippen MR) is 40.4 cm³/mol. The molecule has 0 saturated heterocycles. The maximum Gasteiger partial charge on any atom is 0.151 e. The highest BCUT2D eigenvalue weighted by Gasteiger charge is 2.35. The molecule has 0 aromatic heterocycles. The van der Waals surface area contributed by atoms with E-state index in [-0.39, 0.29) is 6.29 Å². The van der Waals surface area contributed by atoms with Crippen LogP contribution in [0.4, 0.5) is 0 Å². The van der Waals surface area contributed by atoms with Crippen molar-refractivity contribution < 1.29 is 25.2 Å². The Labute approximate surface area is 70.3 Å². The van der Waals surface area contributed by atoms with E-state index in [9.17, 15) is 4.79 Å². The molecule has 0 spiro atoms. The second-order valence-electron chi connectivity index (χ2n) is 3.22. The molecule has 0 rings (SSSR count). The summed E-state index contributed by atoms with van der Waals surface area (Å²) >= 11 is 0. The molecule has 0 aliphatic rings. The van der Waals surface area contributed by atoms with E-state index in [0.717, 1.165) is 0 Å². The lowest BCUT2D eigenvalue weighted by Gasteiger charge is -2.29. The molecule has 3 atom stereocenters. The molecule has 0 aliphatic carbocycles. The van der Waals surface area contributed by atoms with Gasteiger partial charge in [-0.3, -0.25) is 0 Å². The van der Waals surface area contributed by atoms with Crippen LogP contribution in [0.15, 0.2) is 0 Å². The van der Waals surface area contributed by atoms with Crippen molar-refractivity contribution in [1.29, 1.82) is 0 Å². The third kappa shape index (κ3) is 2.86. The van der Waals surface area contributed by atoms with Gasteiger partial charge in [0.2, 0.25) is 0 Å². The third-order valence-corrected chi connectivity index (χ3v) is 1.54. The van der Waals surface area contributed by atoms with E-state index in [1.807, 2.05) is 0 Å². The van der Waals surface area contributed by atoms with Crippen LogP contribution in [-0.4, -0.2) is 50.6 Å². The zero-order valence-corrected chi connectivity index (χ0v) is 7.01. The number of carbonyl (C=O) groups is 1. The Balaban J connectivity index is 4.28. The summed E-state index contributed by atoms with van der Waals surface area (Å²) in [6.07, 6.45) is -4.80. The maximum atomic E-state index is 9.97. The molecule has 0 heterocycles. The third-order valence-electron chi connectivity index (χ3n) is 1.54. The van der Waals surface area contributed by atoms with E-state index >= 15 is 0 Å². The van der Waals surface area contributed by atoms with E-state index in [1.165, 1.54) is 13.8 Å². The average molecular weight is 178 g/mol. The van der Waals surface area contributed by atoms with Crippen molar-refractivity contribution in [3.8, 4) is 0 Å². The zero-order chi connectivity index (χ0) is 9.94. The summed E-state index contributed by atoms with van der Waals surface area (Å²) in [7, 11) is 0. The van der Waals surface area contributed by atoms with Crippen LogP contribution < -0.4 is 0 Å². The Hall–Kier alpha value is -0.490. The van der Waals surface area contributed by atoms with Gasteiger partial charge in [0.1, 0.15) is 18.3 Å². The smallest absolute Gasteiger partial charge is 0.151 e. The van der Waals surface area contributed by atoms with E-state index in [2.05, 4.69) is 0 Å². The number of aliphatic hydroxyl groups excluding tert-OH is 3. The van der Waals surface area contributed by atoms with Crippen molar-refractivity contribution in [2.24, 2.45) is 0 Å². The molecular formula is C7H14O5. The Morgan fingerprint density at radius 2 is 1.67 bits per heavy atom. The molecule has 3 unspecified atom stereocenters. The predicted octanol–water partition coefficient (Wildman–Crippen LogP) is -1.96. The zero-order valence-electron chi connectivity index (χ0n) is 7.01. The minimum Gasteiger partial charge on any atom is -0.388 e. The van der Waals surface area contributed by atoms with Gasteiger partial charge in [-0.25, -0.2) is 0 Å². The molecule has 5 heteroatoms. The molecule has 0 amide bonds. The van der Waals surface area contributed by atoms with Gasteiger partial charge in [0, 0.05) is 0 Å². The maximum absolute atomic E-state index is 9.97. The first kappa shape index (κ1) is 11.5. The van der Waals surface area contributed by atoms with E-state index in [4.69, 9.17) is 20.4 Å². The summed E-state index contributed by atoms with van der Waals surface area (Å²) in [6, 6.07) is 0. The number of rotatable bonds is 4. The lowest BCUT2D eigenvalue weighted by Crippen LogP contribution is -2.50. The Kier molecular flexibility index (Phi) is 3.79. The standard InChI is InChI=1S/C7H14O5/c1-7(2,12)6(11)5(10)4(9)3-8/h3-6,9-12H,1-2H3. The lowest BCUT2D eigenvalue weighted by molar-refractivity contribution is -0.147. The molecule has 5 nitrogen and oxygen atoms in total. The fourth-order valence-corrected chi connectivity index (χ4v) is 0.685. The molecule has 4 N–H and O–H groups in total. The lowest BCUT2D eigenvalue weighted by atomic mass is 9.94. The fourth-order valence-electron chi connectivity index (χ4n) is 0.685. The van der Waals surface area contributed by atoms with Gasteiger partial charge in [0.15, 0.2) is 6.29 Å². The van der Waals surface area contributed by atoms with Gasteiger partial charge >= 0.3 is 0 Å². The Morgan fingerprint density at radius 3 is 1.92 bits per heavy atom. The van der Waals surface area contributed by atoms with Crippen LogP contribution in [0.5, 0.6) is 0 Å². The minimum atomic E-state index is -1.67. The van der Waals surface area contributed by atoms with Crippen LogP contribution in [0.25, 0.3) is 0 Å².